The monoisotopic (exact) mass is 691 g/mol. The van der Waals surface area contributed by atoms with E-state index in [1.165, 1.54) is 4.90 Å². The van der Waals surface area contributed by atoms with Crippen molar-refractivity contribution < 1.29 is 29.0 Å². The van der Waals surface area contributed by atoms with Crippen LogP contribution in [0.15, 0.2) is 54.0 Å². The number of β-amino-alcohol motifs (C(OH)–C–C–N with tert-alkyl or cyclic N) is 1. The maximum atomic E-state index is 14.0. The first-order valence-corrected chi connectivity index (χ1v) is 17.4. The normalized spacial score (nSPS) is 17.6. The van der Waals surface area contributed by atoms with Gasteiger partial charge in [-0.1, -0.05) is 69.3 Å². The highest BCUT2D eigenvalue weighted by Crippen LogP contribution is 2.29. The number of hydrogen-bond donors (Lipinski definition) is 4. The molecule has 264 valence electrons. The lowest BCUT2D eigenvalue weighted by atomic mass is 9.85. The van der Waals surface area contributed by atoms with Gasteiger partial charge < -0.3 is 30.7 Å². The van der Waals surface area contributed by atoms with E-state index in [1.54, 1.807) is 44.2 Å². The number of alkyl carbamates (subject to hydrolysis) is 1. The van der Waals surface area contributed by atoms with E-state index >= 15 is 0 Å². The minimum Gasteiger partial charge on any atom is -0.444 e. The molecule has 1 fully saturated rings. The molecule has 11 nitrogen and oxygen atoms in total. The molecule has 4 N–H and O–H groups in total. The maximum absolute atomic E-state index is 14.0. The number of rotatable bonds is 10. The predicted molar refractivity (Wildman–Crippen MR) is 190 cm³/mol. The van der Waals surface area contributed by atoms with Gasteiger partial charge in [0, 0.05) is 19.5 Å². The first kappa shape index (κ1) is 37.5. The van der Waals surface area contributed by atoms with Crippen molar-refractivity contribution >= 4 is 35.2 Å². The fourth-order valence-electron chi connectivity index (χ4n) is 5.68. The van der Waals surface area contributed by atoms with Crippen molar-refractivity contribution in [1.29, 1.82) is 0 Å². The van der Waals surface area contributed by atoms with Crippen LogP contribution in [0, 0.1) is 12.3 Å². The quantitative estimate of drug-likeness (QED) is 0.232. The summed E-state index contributed by atoms with van der Waals surface area (Å²) in [4.78, 5) is 59.6. The Kier molecular flexibility index (Phi) is 11.9. The van der Waals surface area contributed by atoms with Gasteiger partial charge in [-0.15, -0.1) is 11.3 Å². The third kappa shape index (κ3) is 10.4. The average molecular weight is 692 g/mol. The van der Waals surface area contributed by atoms with Crippen molar-refractivity contribution in [3.05, 3.63) is 76.4 Å². The number of aliphatic hydroxyl groups excluding tert-OH is 1. The van der Waals surface area contributed by atoms with Crippen LogP contribution < -0.4 is 16.0 Å². The Hall–Kier alpha value is -4.29. The molecule has 1 aromatic heterocycles. The number of nitrogens with one attached hydrogen (secondary N) is 3. The van der Waals surface area contributed by atoms with Gasteiger partial charge >= 0.3 is 6.09 Å². The second-order valence-electron chi connectivity index (χ2n) is 14.7. The molecular weight excluding hydrogens is 643 g/mol. The number of hydrogen-bond acceptors (Lipinski definition) is 8. The Balaban J connectivity index is 1.37. The molecule has 2 heterocycles. The highest BCUT2D eigenvalue weighted by molar-refractivity contribution is 7.13. The number of carbonyl (C=O) groups excluding carboxylic acids is 4. The summed E-state index contributed by atoms with van der Waals surface area (Å²) < 4.78 is 5.26. The number of aromatic nitrogens is 1. The van der Waals surface area contributed by atoms with Crippen LogP contribution in [0.5, 0.6) is 0 Å². The molecule has 0 spiro atoms. The Morgan fingerprint density at radius 2 is 1.61 bits per heavy atom. The molecule has 0 unspecified atom stereocenters. The lowest BCUT2D eigenvalue weighted by Gasteiger charge is -2.35. The van der Waals surface area contributed by atoms with Crippen LogP contribution in [0.2, 0.25) is 0 Å². The summed E-state index contributed by atoms with van der Waals surface area (Å²) in [5.41, 5.74) is 5.04. The van der Waals surface area contributed by atoms with E-state index in [2.05, 4.69) is 20.9 Å². The molecule has 0 aliphatic carbocycles. The topological polar surface area (TPSA) is 150 Å². The maximum Gasteiger partial charge on any atom is 0.407 e. The Morgan fingerprint density at radius 1 is 0.980 bits per heavy atom. The fourth-order valence-corrected chi connectivity index (χ4v) is 6.49. The number of thiazole rings is 1. The van der Waals surface area contributed by atoms with Crippen LogP contribution in [0.1, 0.15) is 83.3 Å². The number of nitrogens with zero attached hydrogens (tertiary/aromatic N) is 2. The van der Waals surface area contributed by atoms with Crippen LogP contribution in [-0.2, 0) is 32.1 Å². The zero-order chi connectivity index (χ0) is 36.1. The lowest BCUT2D eigenvalue weighted by molar-refractivity contribution is -0.144. The van der Waals surface area contributed by atoms with Crippen molar-refractivity contribution in [2.45, 2.75) is 105 Å². The first-order valence-electron chi connectivity index (χ1n) is 16.5. The number of ether oxygens (including phenoxy) is 1. The molecule has 4 atom stereocenters. The van der Waals surface area contributed by atoms with E-state index in [0.29, 0.717) is 0 Å². The van der Waals surface area contributed by atoms with Crippen molar-refractivity contribution in [2.24, 2.45) is 5.41 Å². The van der Waals surface area contributed by atoms with Crippen LogP contribution in [-0.4, -0.2) is 69.1 Å². The van der Waals surface area contributed by atoms with Crippen LogP contribution >= 0.6 is 11.3 Å². The molecular formula is C37H49N5O6S. The molecule has 0 radical (unpaired) electrons. The van der Waals surface area contributed by atoms with Crippen molar-refractivity contribution in [3.8, 4) is 10.4 Å². The van der Waals surface area contributed by atoms with Crippen LogP contribution in [0.3, 0.4) is 0 Å². The summed E-state index contributed by atoms with van der Waals surface area (Å²) in [7, 11) is 0. The standard InChI is InChI=1S/C37H49N5O6S/c1-22(26-13-15-27(16-14-26)31-23(2)39-21-49-31)40-33(45)29-18-28(43)20-42(29)34(46)32(36(3,4)5)41-30(44)17-24-9-11-25(12-10-24)19-38-35(47)48-37(6,7)8/h9-16,21-22,28-29,32,43H,17-20H2,1-8H3,(H,38,47)(H,40,45)(H,41,44)/t22-,28+,29-,32+/m0/s1. The van der Waals surface area contributed by atoms with Gasteiger partial charge in [0.1, 0.15) is 17.7 Å². The molecule has 3 aromatic rings. The van der Waals surface area contributed by atoms with Crippen molar-refractivity contribution in [1.82, 2.24) is 25.8 Å². The van der Waals surface area contributed by atoms with E-state index in [-0.39, 0.29) is 43.8 Å². The molecule has 4 rings (SSSR count). The largest absolute Gasteiger partial charge is 0.444 e. The molecule has 1 aliphatic rings. The number of amides is 4. The second kappa shape index (κ2) is 15.5. The van der Waals surface area contributed by atoms with Crippen LogP contribution in [0.4, 0.5) is 4.79 Å². The predicted octanol–water partition coefficient (Wildman–Crippen LogP) is 5.06. The molecule has 12 heteroatoms. The van der Waals surface area contributed by atoms with Gasteiger partial charge in [0.2, 0.25) is 17.7 Å². The Bertz CT molecular complexity index is 1620. The molecule has 1 aliphatic heterocycles. The third-order valence-electron chi connectivity index (χ3n) is 8.28. The van der Waals surface area contributed by atoms with Gasteiger partial charge in [-0.25, -0.2) is 9.78 Å². The average Bonchev–Trinajstić information content (AvgIpc) is 3.63. The van der Waals surface area contributed by atoms with Gasteiger partial charge in [0.25, 0.3) is 0 Å². The highest BCUT2D eigenvalue weighted by atomic mass is 32.1. The fraction of sp³-hybridized carbons (Fsp3) is 0.486. The first-order chi connectivity index (χ1) is 22.9. The van der Waals surface area contributed by atoms with E-state index in [0.717, 1.165) is 32.8 Å². The SMILES string of the molecule is Cc1ncsc1-c1ccc([C@H](C)NC(=O)[C@@H]2C[C@@H](O)CN2C(=O)[C@@H](NC(=O)Cc2ccc(CNC(=O)OC(C)(C)C)cc2)C(C)(C)C)cc1. The highest BCUT2D eigenvalue weighted by Gasteiger charge is 2.44. The minimum absolute atomic E-state index is 0.00452. The molecule has 1 saturated heterocycles. The zero-order valence-electron chi connectivity index (χ0n) is 29.6. The number of benzene rings is 2. The van der Waals surface area contributed by atoms with Crippen molar-refractivity contribution in [3.63, 3.8) is 0 Å². The summed E-state index contributed by atoms with van der Waals surface area (Å²) in [5, 5.41) is 19.2. The summed E-state index contributed by atoms with van der Waals surface area (Å²) in [6, 6.07) is 13.0. The number of aliphatic hydroxyl groups is 1. The minimum atomic E-state index is -0.932. The van der Waals surface area contributed by atoms with Gasteiger partial charge in [0.15, 0.2) is 0 Å². The summed E-state index contributed by atoms with van der Waals surface area (Å²) in [6.45, 7) is 15.1. The zero-order valence-corrected chi connectivity index (χ0v) is 30.4. The van der Waals surface area contributed by atoms with Gasteiger partial charge in [-0.3, -0.25) is 14.4 Å². The van der Waals surface area contributed by atoms with Crippen molar-refractivity contribution in [2.75, 3.05) is 6.54 Å². The summed E-state index contributed by atoms with van der Waals surface area (Å²) >= 11 is 1.58. The Morgan fingerprint density at radius 3 is 2.18 bits per heavy atom. The summed E-state index contributed by atoms with van der Waals surface area (Å²) in [5.74, 6) is -1.13. The van der Waals surface area contributed by atoms with Gasteiger partial charge in [-0.05, 0) is 62.3 Å². The molecule has 49 heavy (non-hydrogen) atoms. The molecule has 4 amide bonds. The Labute approximate surface area is 292 Å². The number of carbonyl (C=O) groups is 4. The van der Waals surface area contributed by atoms with Gasteiger partial charge in [0.05, 0.1) is 34.6 Å². The molecule has 0 bridgehead atoms. The number of aryl methyl sites for hydroxylation is 1. The van der Waals surface area contributed by atoms with Crippen LogP contribution in [0.25, 0.3) is 10.4 Å². The summed E-state index contributed by atoms with van der Waals surface area (Å²) in [6.07, 6.45) is -1.24. The smallest absolute Gasteiger partial charge is 0.407 e. The van der Waals surface area contributed by atoms with E-state index in [9.17, 15) is 24.3 Å². The van der Waals surface area contributed by atoms with E-state index in [4.69, 9.17) is 4.74 Å². The number of likely N-dealkylation sites (tertiary alicyclic amines) is 1. The molecule has 0 saturated carbocycles. The third-order valence-corrected chi connectivity index (χ3v) is 9.26. The lowest BCUT2D eigenvalue weighted by Crippen LogP contribution is -2.58. The van der Waals surface area contributed by atoms with E-state index in [1.807, 2.05) is 76.5 Å². The second-order valence-corrected chi connectivity index (χ2v) is 15.6. The van der Waals surface area contributed by atoms with Gasteiger partial charge in [-0.2, -0.15) is 0 Å². The molecule has 2 aromatic carbocycles. The van der Waals surface area contributed by atoms with E-state index < -0.39 is 41.2 Å².